The summed E-state index contributed by atoms with van der Waals surface area (Å²) in [7, 11) is 5.73. The third-order valence-electron chi connectivity index (χ3n) is 5.01. The highest BCUT2D eigenvalue weighted by Gasteiger charge is 2.21. The number of methoxy groups -OCH3 is 1. The van der Waals surface area contributed by atoms with Crippen LogP contribution in [0.5, 0.6) is 5.75 Å². The summed E-state index contributed by atoms with van der Waals surface area (Å²) in [5.74, 6) is 0.668. The monoisotopic (exact) mass is 417 g/mol. The number of aromatic nitrogens is 2. The summed E-state index contributed by atoms with van der Waals surface area (Å²) in [6, 6.07) is 7.30. The van der Waals surface area contributed by atoms with E-state index in [0.29, 0.717) is 23.0 Å². The van der Waals surface area contributed by atoms with Crippen LogP contribution in [0.15, 0.2) is 34.1 Å². The minimum absolute atomic E-state index is 0.147. The number of benzene rings is 1. The number of carbonyl (C=O) groups is 1. The lowest BCUT2D eigenvalue weighted by molar-refractivity contribution is -0.859. The van der Waals surface area contributed by atoms with Crippen molar-refractivity contribution in [1.82, 2.24) is 9.55 Å². The molecule has 0 radical (unpaired) electrons. The summed E-state index contributed by atoms with van der Waals surface area (Å²) in [5.41, 5.74) is 2.67. The Hall–Kier alpha value is -2.32. The molecule has 7 nitrogen and oxygen atoms in total. The van der Waals surface area contributed by atoms with E-state index in [-0.39, 0.29) is 17.3 Å². The number of para-hydroxylation sites is 2. The number of quaternary nitrogens is 1. The molecule has 0 bridgehead atoms. The first-order valence-electron chi connectivity index (χ1n) is 9.97. The lowest BCUT2D eigenvalue weighted by Crippen LogP contribution is -3.06. The topological polar surface area (TPSA) is 77.7 Å². The first-order valence-corrected chi connectivity index (χ1v) is 11.0. The van der Waals surface area contributed by atoms with Gasteiger partial charge in [0.25, 0.3) is 0 Å². The number of nitrogens with one attached hydrogen (secondary N) is 2. The molecule has 0 saturated heterocycles. The maximum absolute atomic E-state index is 12.7. The molecule has 156 valence electrons. The maximum Gasteiger partial charge on any atom is 0.349 e. The van der Waals surface area contributed by atoms with Gasteiger partial charge in [-0.1, -0.05) is 23.9 Å². The van der Waals surface area contributed by atoms with Gasteiger partial charge in [0.05, 0.1) is 45.7 Å². The number of hydrogen-bond acceptors (Lipinski definition) is 5. The van der Waals surface area contributed by atoms with Crippen molar-refractivity contribution in [2.45, 2.75) is 37.3 Å². The summed E-state index contributed by atoms with van der Waals surface area (Å²) in [6.07, 6.45) is 3.99. The highest BCUT2D eigenvalue weighted by atomic mass is 32.2. The normalized spacial score (nSPS) is 13.2. The Morgan fingerprint density at radius 2 is 2.03 bits per heavy atom. The predicted octanol–water partition coefficient (Wildman–Crippen LogP) is 1.01. The molecule has 8 heteroatoms. The van der Waals surface area contributed by atoms with Crippen molar-refractivity contribution in [3.05, 3.63) is 46.0 Å². The summed E-state index contributed by atoms with van der Waals surface area (Å²) < 4.78 is 7.11. The van der Waals surface area contributed by atoms with E-state index < -0.39 is 0 Å². The van der Waals surface area contributed by atoms with Crippen molar-refractivity contribution in [3.8, 4) is 5.75 Å². The molecule has 3 rings (SSSR count). The second-order valence-electron chi connectivity index (χ2n) is 7.48. The first-order chi connectivity index (χ1) is 14.0. The number of rotatable bonds is 8. The van der Waals surface area contributed by atoms with Gasteiger partial charge in [-0.25, -0.2) is 4.79 Å². The van der Waals surface area contributed by atoms with Crippen molar-refractivity contribution >= 4 is 23.4 Å². The van der Waals surface area contributed by atoms with Crippen LogP contribution < -0.4 is 20.6 Å². The van der Waals surface area contributed by atoms with Crippen molar-refractivity contribution in [3.63, 3.8) is 0 Å². The van der Waals surface area contributed by atoms with Gasteiger partial charge in [-0.05, 0) is 37.8 Å². The molecule has 0 atom stereocenters. The van der Waals surface area contributed by atoms with Crippen molar-refractivity contribution in [1.29, 1.82) is 0 Å². The minimum atomic E-state index is -0.209. The molecule has 0 saturated carbocycles. The van der Waals surface area contributed by atoms with Crippen molar-refractivity contribution < 1.29 is 14.4 Å². The molecular weight excluding hydrogens is 388 g/mol. The highest BCUT2D eigenvalue weighted by Crippen LogP contribution is 2.29. The van der Waals surface area contributed by atoms with Crippen LogP contribution in [0.4, 0.5) is 5.69 Å². The zero-order valence-corrected chi connectivity index (χ0v) is 18.1. The van der Waals surface area contributed by atoms with Crippen LogP contribution >= 0.6 is 11.8 Å². The number of likely N-dealkylation sites (N-methyl/N-ethyl adjacent to an activating group) is 1. The van der Waals surface area contributed by atoms with Crippen molar-refractivity contribution in [2.75, 3.05) is 38.8 Å². The molecule has 0 fully saturated rings. The third-order valence-corrected chi connectivity index (χ3v) is 6.02. The Balaban J connectivity index is 1.74. The molecule has 0 aliphatic heterocycles. The Morgan fingerprint density at radius 3 is 2.79 bits per heavy atom. The lowest BCUT2D eigenvalue weighted by Gasteiger charge is -2.23. The predicted molar refractivity (Wildman–Crippen MR) is 115 cm³/mol. The van der Waals surface area contributed by atoms with Gasteiger partial charge in [0.2, 0.25) is 5.91 Å². The number of fused-ring (bicyclic) bond motifs is 1. The molecule has 1 heterocycles. The second kappa shape index (κ2) is 9.93. The smallest absolute Gasteiger partial charge is 0.349 e. The van der Waals surface area contributed by atoms with Crippen LogP contribution in [0.1, 0.15) is 24.1 Å². The molecular formula is C21H29N4O3S+. The zero-order chi connectivity index (χ0) is 20.8. The van der Waals surface area contributed by atoms with Crippen LogP contribution in [0.3, 0.4) is 0 Å². The van der Waals surface area contributed by atoms with Gasteiger partial charge in [0.1, 0.15) is 10.8 Å². The summed E-state index contributed by atoms with van der Waals surface area (Å²) in [6.45, 7) is 1.55. The summed E-state index contributed by atoms with van der Waals surface area (Å²) in [4.78, 5) is 30.7. The maximum atomic E-state index is 12.7. The van der Waals surface area contributed by atoms with Crippen LogP contribution in [-0.2, 0) is 24.2 Å². The molecule has 1 aromatic carbocycles. The standard InChI is InChI=1S/C21H28N4O3S/c1-24(2)12-13-25-17-10-6-4-8-15(17)20(23-21(25)27)29-14-19(26)22-16-9-5-7-11-18(16)28-3/h5,7,9,11H,4,6,8,10,12-14H2,1-3H3,(H,22,26)/p+1. The van der Waals surface area contributed by atoms with Gasteiger partial charge < -0.3 is 15.0 Å². The van der Waals surface area contributed by atoms with Crippen LogP contribution in [0, 0.1) is 0 Å². The van der Waals surface area contributed by atoms with E-state index in [1.54, 1.807) is 19.2 Å². The number of nitrogens with zero attached hydrogens (tertiary/aromatic N) is 2. The fourth-order valence-corrected chi connectivity index (χ4v) is 4.38. The largest absolute Gasteiger partial charge is 0.495 e. The fourth-order valence-electron chi connectivity index (χ4n) is 3.50. The fraction of sp³-hybridized carbons (Fsp3) is 0.476. The van der Waals surface area contributed by atoms with Gasteiger partial charge >= 0.3 is 5.69 Å². The average molecular weight is 418 g/mol. The average Bonchev–Trinajstić information content (AvgIpc) is 2.71. The van der Waals surface area contributed by atoms with E-state index in [0.717, 1.165) is 43.5 Å². The first kappa shape index (κ1) is 21.4. The number of anilines is 1. The van der Waals surface area contributed by atoms with Crippen molar-refractivity contribution in [2.24, 2.45) is 0 Å². The van der Waals surface area contributed by atoms with E-state index in [1.807, 2.05) is 16.7 Å². The third kappa shape index (κ3) is 5.39. The molecule has 0 unspecified atom stereocenters. The van der Waals surface area contributed by atoms with Gasteiger partial charge in [-0.2, -0.15) is 4.98 Å². The zero-order valence-electron chi connectivity index (χ0n) is 17.3. The molecule has 29 heavy (non-hydrogen) atoms. The quantitative estimate of drug-likeness (QED) is 0.495. The highest BCUT2D eigenvalue weighted by molar-refractivity contribution is 8.00. The molecule has 0 spiro atoms. The Labute approximate surface area is 175 Å². The SMILES string of the molecule is COc1ccccc1NC(=O)CSc1nc(=O)n(CC[NH+](C)C)c2c1CCCC2. The summed E-state index contributed by atoms with van der Waals surface area (Å²) in [5, 5.41) is 3.57. The molecule has 1 aliphatic carbocycles. The number of carbonyl (C=O) groups excluding carboxylic acids is 1. The molecule has 1 amide bonds. The molecule has 1 aromatic heterocycles. The van der Waals surface area contributed by atoms with Gasteiger partial charge in [-0.15, -0.1) is 0 Å². The van der Waals surface area contributed by atoms with Gasteiger partial charge in [0, 0.05) is 11.3 Å². The van der Waals surface area contributed by atoms with E-state index in [2.05, 4.69) is 24.4 Å². The van der Waals surface area contributed by atoms with Gasteiger partial charge in [0.15, 0.2) is 0 Å². The molecule has 2 N–H and O–H groups in total. The minimum Gasteiger partial charge on any atom is -0.495 e. The molecule has 2 aromatic rings. The number of ether oxygens (including phenoxy) is 1. The second-order valence-corrected chi connectivity index (χ2v) is 8.44. The van der Waals surface area contributed by atoms with Gasteiger partial charge in [-0.3, -0.25) is 9.36 Å². The van der Waals surface area contributed by atoms with E-state index >= 15 is 0 Å². The Kier molecular flexibility index (Phi) is 7.33. The van der Waals surface area contributed by atoms with E-state index in [9.17, 15) is 9.59 Å². The van der Waals surface area contributed by atoms with Crippen LogP contribution in [-0.4, -0.2) is 49.0 Å². The van der Waals surface area contributed by atoms with Crippen LogP contribution in [0.25, 0.3) is 0 Å². The number of hydrogen-bond donors (Lipinski definition) is 2. The number of amides is 1. The van der Waals surface area contributed by atoms with E-state index in [4.69, 9.17) is 4.74 Å². The number of thioether (sulfide) groups is 1. The lowest BCUT2D eigenvalue weighted by atomic mass is 9.97. The Morgan fingerprint density at radius 1 is 1.28 bits per heavy atom. The molecule has 1 aliphatic rings. The summed E-state index contributed by atoms with van der Waals surface area (Å²) >= 11 is 1.34. The Bertz CT molecular complexity index is 927. The van der Waals surface area contributed by atoms with Crippen LogP contribution in [0.2, 0.25) is 0 Å². The van der Waals surface area contributed by atoms with E-state index in [1.165, 1.54) is 16.7 Å².